The highest BCUT2D eigenvalue weighted by Crippen LogP contribution is 2.16. The Balaban J connectivity index is 1.57. The van der Waals surface area contributed by atoms with E-state index >= 15 is 0 Å². The summed E-state index contributed by atoms with van der Waals surface area (Å²) in [5.41, 5.74) is 0.936. The van der Waals surface area contributed by atoms with Gasteiger partial charge in [0.2, 0.25) is 0 Å². The summed E-state index contributed by atoms with van der Waals surface area (Å²) >= 11 is 0. The molecule has 0 aliphatic heterocycles. The number of carbonyl (C=O) groups excluding carboxylic acids is 4. The first-order valence-electron chi connectivity index (χ1n) is 12.6. The summed E-state index contributed by atoms with van der Waals surface area (Å²) in [5, 5.41) is 0. The normalized spacial score (nSPS) is 10.5. The van der Waals surface area contributed by atoms with Crippen molar-refractivity contribution in [3.8, 4) is 11.5 Å². The Bertz CT molecular complexity index is 978. The van der Waals surface area contributed by atoms with Crippen LogP contribution in [-0.2, 0) is 14.3 Å². The van der Waals surface area contributed by atoms with Gasteiger partial charge in [0, 0.05) is 24.8 Å². The minimum atomic E-state index is -0.667. The molecule has 0 aliphatic rings. The molecule has 0 spiro atoms. The molecule has 0 aromatic heterocycles. The number of esters is 2. The first kappa shape index (κ1) is 28.8. The van der Waals surface area contributed by atoms with Gasteiger partial charge < -0.3 is 19.0 Å². The molecule has 0 aliphatic carbocycles. The maximum atomic E-state index is 12.2. The molecule has 2 rings (SSSR count). The lowest BCUT2D eigenvalue weighted by Crippen LogP contribution is -2.12. The number of ether oxygens (including phenoxy) is 3. The molecule has 0 saturated carbocycles. The van der Waals surface area contributed by atoms with Gasteiger partial charge in [0.15, 0.2) is 5.78 Å². The summed E-state index contributed by atoms with van der Waals surface area (Å²) in [6, 6.07) is 13.5. The fourth-order valence-corrected chi connectivity index (χ4v) is 3.48. The molecule has 0 atom stereocenters. The third kappa shape index (κ3) is 11.8. The molecular weight excluding hydrogens is 460 g/mol. The molecule has 36 heavy (non-hydrogen) atoms. The summed E-state index contributed by atoms with van der Waals surface area (Å²) in [6.45, 7) is 4.03. The van der Waals surface area contributed by atoms with E-state index in [9.17, 15) is 19.2 Å². The summed E-state index contributed by atoms with van der Waals surface area (Å²) < 4.78 is 16.2. The first-order chi connectivity index (χ1) is 17.3. The largest absolute Gasteiger partial charge is 0.493 e. The predicted octanol–water partition coefficient (Wildman–Crippen LogP) is 6.13. The van der Waals surface area contributed by atoms with E-state index in [0.717, 1.165) is 32.1 Å². The summed E-state index contributed by atoms with van der Waals surface area (Å²) in [6.07, 6.45) is 7.06. The van der Waals surface area contributed by atoms with Gasteiger partial charge in [0.25, 0.3) is 0 Å². The minimum Gasteiger partial charge on any atom is -0.493 e. The van der Waals surface area contributed by atoms with Crippen LogP contribution in [0.5, 0.6) is 11.5 Å². The lowest BCUT2D eigenvalue weighted by atomic mass is 10.1. The molecule has 0 radical (unpaired) electrons. The molecule has 7 nitrogen and oxygen atoms in total. The van der Waals surface area contributed by atoms with Crippen LogP contribution in [0.15, 0.2) is 48.5 Å². The van der Waals surface area contributed by atoms with Crippen molar-refractivity contribution in [2.75, 3.05) is 13.2 Å². The molecule has 194 valence electrons. The van der Waals surface area contributed by atoms with Crippen LogP contribution in [0.3, 0.4) is 0 Å². The van der Waals surface area contributed by atoms with E-state index in [0.29, 0.717) is 55.1 Å². The van der Waals surface area contributed by atoms with Gasteiger partial charge in [-0.1, -0.05) is 25.7 Å². The smallest absolute Gasteiger partial charge is 0.345 e. The Kier molecular flexibility index (Phi) is 13.0. The van der Waals surface area contributed by atoms with Crippen molar-refractivity contribution >= 4 is 23.5 Å². The van der Waals surface area contributed by atoms with Crippen LogP contribution in [0.2, 0.25) is 0 Å². The average molecular weight is 497 g/mol. The van der Waals surface area contributed by atoms with Crippen LogP contribution in [0.4, 0.5) is 0 Å². The van der Waals surface area contributed by atoms with Crippen molar-refractivity contribution in [3.63, 3.8) is 0 Å². The van der Waals surface area contributed by atoms with Crippen LogP contribution >= 0.6 is 0 Å². The molecule has 7 heteroatoms. The van der Waals surface area contributed by atoms with Crippen LogP contribution in [0, 0.1) is 0 Å². The second-order valence-corrected chi connectivity index (χ2v) is 8.74. The molecule has 2 aromatic rings. The molecule has 0 amide bonds. The van der Waals surface area contributed by atoms with E-state index in [4.69, 9.17) is 14.2 Å². The quantitative estimate of drug-likeness (QED) is 0.112. The van der Waals surface area contributed by atoms with Crippen molar-refractivity contribution in [1.82, 2.24) is 0 Å². The Labute approximate surface area is 213 Å². The number of benzene rings is 2. The van der Waals surface area contributed by atoms with Crippen LogP contribution in [0.1, 0.15) is 92.4 Å². The zero-order valence-corrected chi connectivity index (χ0v) is 21.3. The maximum absolute atomic E-state index is 12.2. The molecular formula is C29H36O7. The molecule has 0 heterocycles. The molecule has 2 aromatic carbocycles. The zero-order chi connectivity index (χ0) is 26.2. The number of hydrogen-bond acceptors (Lipinski definition) is 7. The SMILES string of the molecule is CC(=O)CCCCCCCCC(=O)OC(=O)c1ccc(OCCCOc2ccc(C(C)=O)cc2)cc1. The third-order valence-electron chi connectivity index (χ3n) is 5.54. The highest BCUT2D eigenvalue weighted by atomic mass is 16.6. The van der Waals surface area contributed by atoms with Gasteiger partial charge in [-0.3, -0.25) is 9.59 Å². The Hall–Kier alpha value is -3.48. The topological polar surface area (TPSA) is 96.0 Å². The van der Waals surface area contributed by atoms with Gasteiger partial charge in [0.05, 0.1) is 18.8 Å². The number of Topliss-reactive ketones (excluding diaryl/α,β-unsaturated/α-hetero) is 2. The van der Waals surface area contributed by atoms with Crippen molar-refractivity contribution in [2.24, 2.45) is 0 Å². The van der Waals surface area contributed by atoms with Crippen molar-refractivity contribution < 1.29 is 33.4 Å². The monoisotopic (exact) mass is 496 g/mol. The lowest BCUT2D eigenvalue weighted by molar-refractivity contribution is -0.138. The highest BCUT2D eigenvalue weighted by molar-refractivity contribution is 5.96. The van der Waals surface area contributed by atoms with E-state index in [-0.39, 0.29) is 18.0 Å². The van der Waals surface area contributed by atoms with Gasteiger partial charge in [-0.2, -0.15) is 0 Å². The lowest BCUT2D eigenvalue weighted by Gasteiger charge is -2.09. The second kappa shape index (κ2) is 16.2. The zero-order valence-electron chi connectivity index (χ0n) is 21.3. The van der Waals surface area contributed by atoms with Gasteiger partial charge >= 0.3 is 11.9 Å². The van der Waals surface area contributed by atoms with E-state index in [1.165, 1.54) is 6.92 Å². The van der Waals surface area contributed by atoms with E-state index in [1.54, 1.807) is 55.5 Å². The summed E-state index contributed by atoms with van der Waals surface area (Å²) in [5.74, 6) is 0.348. The minimum absolute atomic E-state index is 0.0152. The van der Waals surface area contributed by atoms with Crippen LogP contribution in [-0.4, -0.2) is 36.7 Å². The molecule has 0 saturated heterocycles. The molecule has 0 N–H and O–H groups in total. The predicted molar refractivity (Wildman–Crippen MR) is 137 cm³/mol. The second-order valence-electron chi connectivity index (χ2n) is 8.74. The Morgan fingerprint density at radius 3 is 1.56 bits per heavy atom. The first-order valence-corrected chi connectivity index (χ1v) is 12.6. The average Bonchev–Trinajstić information content (AvgIpc) is 2.86. The molecule has 0 bridgehead atoms. The van der Waals surface area contributed by atoms with Crippen LogP contribution in [0.25, 0.3) is 0 Å². The van der Waals surface area contributed by atoms with Crippen molar-refractivity contribution in [2.45, 2.75) is 71.6 Å². The number of unbranched alkanes of at least 4 members (excludes halogenated alkanes) is 5. The van der Waals surface area contributed by atoms with E-state index in [1.807, 2.05) is 0 Å². The molecule has 0 unspecified atom stereocenters. The van der Waals surface area contributed by atoms with Crippen LogP contribution < -0.4 is 9.47 Å². The molecule has 0 fully saturated rings. The van der Waals surface area contributed by atoms with Gasteiger partial charge in [-0.25, -0.2) is 4.79 Å². The standard InChI is InChI=1S/C29H36O7/c1-22(30)10-7-5-3-4-6-8-11-28(32)36-29(33)25-14-18-27(19-15-25)35-21-9-20-34-26-16-12-24(13-17-26)23(2)31/h12-19H,3-11,20-21H2,1-2H3. The maximum Gasteiger partial charge on any atom is 0.345 e. The van der Waals surface area contributed by atoms with Crippen molar-refractivity contribution in [1.29, 1.82) is 0 Å². The number of carbonyl (C=O) groups is 4. The van der Waals surface area contributed by atoms with Crippen molar-refractivity contribution in [3.05, 3.63) is 59.7 Å². The van der Waals surface area contributed by atoms with E-state index < -0.39 is 11.9 Å². The Morgan fingerprint density at radius 2 is 1.06 bits per heavy atom. The Morgan fingerprint density at radius 1 is 0.583 bits per heavy atom. The highest BCUT2D eigenvalue weighted by Gasteiger charge is 2.13. The number of hydrogen-bond donors (Lipinski definition) is 0. The number of rotatable bonds is 17. The van der Waals surface area contributed by atoms with Gasteiger partial charge in [-0.15, -0.1) is 0 Å². The van der Waals surface area contributed by atoms with Gasteiger partial charge in [-0.05, 0) is 75.2 Å². The third-order valence-corrected chi connectivity index (χ3v) is 5.54. The fourth-order valence-electron chi connectivity index (χ4n) is 3.48. The fraction of sp³-hybridized carbons (Fsp3) is 0.448. The summed E-state index contributed by atoms with van der Waals surface area (Å²) in [7, 11) is 0. The number of ketones is 2. The summed E-state index contributed by atoms with van der Waals surface area (Å²) in [4.78, 5) is 46.3. The van der Waals surface area contributed by atoms with Gasteiger partial charge in [0.1, 0.15) is 17.3 Å². The van der Waals surface area contributed by atoms with E-state index in [2.05, 4.69) is 0 Å².